The maximum atomic E-state index is 12.6. The first-order valence-electron chi connectivity index (χ1n) is 6.25. The normalized spacial score (nSPS) is 24.2. The number of ether oxygens (including phenoxy) is 1. The van der Waals surface area contributed by atoms with Crippen molar-refractivity contribution in [1.82, 2.24) is 19.8 Å². The zero-order valence-electron chi connectivity index (χ0n) is 11.4. The van der Waals surface area contributed by atoms with Crippen LogP contribution in [0.2, 0.25) is 0 Å². The summed E-state index contributed by atoms with van der Waals surface area (Å²) in [6, 6.07) is -0.129. The zero-order valence-corrected chi connectivity index (χ0v) is 12.2. The molecule has 2 atom stereocenters. The van der Waals surface area contributed by atoms with Gasteiger partial charge in [-0.3, -0.25) is 5.10 Å². The molecule has 0 aliphatic carbocycles. The number of hydrogen-bond donors (Lipinski definition) is 2. The lowest BCUT2D eigenvalue weighted by atomic mass is 10.2. The molecule has 1 aromatic heterocycles. The topological polar surface area (TPSA) is 87.3 Å². The molecule has 0 saturated carbocycles. The first-order valence-corrected chi connectivity index (χ1v) is 7.69. The summed E-state index contributed by atoms with van der Waals surface area (Å²) in [5, 5.41) is 9.51. The quantitative estimate of drug-likeness (QED) is 0.792. The lowest BCUT2D eigenvalue weighted by molar-refractivity contribution is 0.102. The van der Waals surface area contributed by atoms with Crippen LogP contribution in [0, 0.1) is 0 Å². The van der Waals surface area contributed by atoms with Crippen LogP contribution >= 0.6 is 0 Å². The average molecular weight is 288 g/mol. The third-order valence-electron chi connectivity index (χ3n) is 3.49. The molecule has 2 N–H and O–H groups in total. The highest BCUT2D eigenvalue weighted by Gasteiger charge is 2.36. The highest BCUT2D eigenvalue weighted by Crippen LogP contribution is 2.25. The van der Waals surface area contributed by atoms with E-state index in [4.69, 9.17) is 4.74 Å². The number of hydrogen-bond acceptors (Lipinski definition) is 5. The fourth-order valence-electron chi connectivity index (χ4n) is 2.36. The highest BCUT2D eigenvalue weighted by atomic mass is 32.2. The minimum Gasteiger partial charge on any atom is -0.377 e. The predicted molar refractivity (Wildman–Crippen MR) is 70.1 cm³/mol. The molecule has 2 unspecified atom stereocenters. The van der Waals surface area contributed by atoms with E-state index in [0.717, 1.165) is 0 Å². The Labute approximate surface area is 113 Å². The Balaban J connectivity index is 2.28. The summed E-state index contributed by atoms with van der Waals surface area (Å²) in [6.07, 6.45) is 2.16. The van der Waals surface area contributed by atoms with Crippen LogP contribution < -0.4 is 5.32 Å². The number of likely N-dealkylation sites (N-methyl/N-ethyl adjacent to an activating group) is 1. The van der Waals surface area contributed by atoms with Gasteiger partial charge in [-0.25, -0.2) is 8.42 Å². The number of nitrogens with one attached hydrogen (secondary N) is 2. The SMILES string of the molecule is CNCc1cn[nH]c1S(=O)(=O)N(C)C1CCOC1C. The average Bonchev–Trinajstić information content (AvgIpc) is 2.97. The maximum absolute atomic E-state index is 12.6. The predicted octanol–water partition coefficient (Wildman–Crippen LogP) is -0.0730. The van der Waals surface area contributed by atoms with Crippen LogP contribution in [0.1, 0.15) is 18.9 Å². The van der Waals surface area contributed by atoms with Crippen molar-refractivity contribution >= 4 is 10.0 Å². The van der Waals surface area contributed by atoms with E-state index in [1.54, 1.807) is 14.1 Å². The zero-order chi connectivity index (χ0) is 14.0. The van der Waals surface area contributed by atoms with Gasteiger partial charge in [0.25, 0.3) is 10.0 Å². The van der Waals surface area contributed by atoms with Crippen LogP contribution in [0.15, 0.2) is 11.2 Å². The van der Waals surface area contributed by atoms with Gasteiger partial charge in [0.05, 0.1) is 18.3 Å². The van der Waals surface area contributed by atoms with Crippen LogP contribution in [0.3, 0.4) is 0 Å². The molecule has 1 aliphatic heterocycles. The molecule has 2 rings (SSSR count). The van der Waals surface area contributed by atoms with E-state index in [0.29, 0.717) is 25.1 Å². The molecule has 0 spiro atoms. The van der Waals surface area contributed by atoms with E-state index in [2.05, 4.69) is 15.5 Å². The third kappa shape index (κ3) is 2.66. The molecular formula is C11H20N4O3S. The molecule has 0 amide bonds. The van der Waals surface area contributed by atoms with E-state index < -0.39 is 10.0 Å². The summed E-state index contributed by atoms with van der Waals surface area (Å²) >= 11 is 0. The smallest absolute Gasteiger partial charge is 0.260 e. The first kappa shape index (κ1) is 14.4. The second-order valence-electron chi connectivity index (χ2n) is 4.71. The monoisotopic (exact) mass is 288 g/mol. The number of sulfonamides is 1. The summed E-state index contributed by atoms with van der Waals surface area (Å²) in [5.41, 5.74) is 0.640. The van der Waals surface area contributed by atoms with Gasteiger partial charge in [0, 0.05) is 25.8 Å². The van der Waals surface area contributed by atoms with Crippen molar-refractivity contribution in [3.63, 3.8) is 0 Å². The van der Waals surface area contributed by atoms with Gasteiger partial charge in [0.15, 0.2) is 5.03 Å². The fourth-order valence-corrected chi connectivity index (χ4v) is 3.90. The number of nitrogens with zero attached hydrogens (tertiary/aromatic N) is 2. The molecule has 0 aromatic carbocycles. The molecule has 0 bridgehead atoms. The molecule has 1 fully saturated rings. The van der Waals surface area contributed by atoms with Crippen molar-refractivity contribution < 1.29 is 13.2 Å². The molecule has 2 heterocycles. The summed E-state index contributed by atoms with van der Waals surface area (Å²) in [4.78, 5) is 0. The minimum absolute atomic E-state index is 0.0875. The van der Waals surface area contributed by atoms with Gasteiger partial charge in [-0.15, -0.1) is 0 Å². The van der Waals surface area contributed by atoms with Crippen molar-refractivity contribution in [3.05, 3.63) is 11.8 Å². The van der Waals surface area contributed by atoms with Crippen LogP contribution in [0.5, 0.6) is 0 Å². The number of aromatic nitrogens is 2. The maximum Gasteiger partial charge on any atom is 0.260 e. The second-order valence-corrected chi connectivity index (χ2v) is 6.64. The van der Waals surface area contributed by atoms with E-state index in [9.17, 15) is 8.42 Å². The van der Waals surface area contributed by atoms with Gasteiger partial charge >= 0.3 is 0 Å². The molecule has 1 saturated heterocycles. The van der Waals surface area contributed by atoms with E-state index >= 15 is 0 Å². The highest BCUT2D eigenvalue weighted by molar-refractivity contribution is 7.89. The largest absolute Gasteiger partial charge is 0.377 e. The summed E-state index contributed by atoms with van der Waals surface area (Å²) in [6.45, 7) is 2.94. The van der Waals surface area contributed by atoms with Crippen molar-refractivity contribution in [3.8, 4) is 0 Å². The standard InChI is InChI=1S/C11H20N4O3S/c1-8-10(4-5-18-8)15(3)19(16,17)11-9(6-12-2)7-13-14-11/h7-8,10,12H,4-6H2,1-3H3,(H,13,14). The van der Waals surface area contributed by atoms with Gasteiger partial charge in [-0.05, 0) is 20.4 Å². The molecule has 19 heavy (non-hydrogen) atoms. The van der Waals surface area contributed by atoms with Crippen molar-refractivity contribution in [2.24, 2.45) is 0 Å². The molecule has 8 heteroatoms. The Bertz CT molecular complexity index is 528. The van der Waals surface area contributed by atoms with Crippen molar-refractivity contribution in [2.45, 2.75) is 37.1 Å². The van der Waals surface area contributed by atoms with Gasteiger partial charge < -0.3 is 10.1 Å². The lowest BCUT2D eigenvalue weighted by Gasteiger charge is -2.25. The van der Waals surface area contributed by atoms with Gasteiger partial charge in [-0.2, -0.15) is 9.40 Å². The Hall–Kier alpha value is -0.960. The van der Waals surface area contributed by atoms with E-state index in [1.807, 2.05) is 6.92 Å². The molecule has 1 aromatic rings. The molecule has 108 valence electrons. The first-order chi connectivity index (χ1) is 8.98. The number of rotatable bonds is 5. The molecule has 0 radical (unpaired) electrons. The number of H-pyrrole nitrogens is 1. The Morgan fingerprint density at radius 2 is 2.37 bits per heavy atom. The Kier molecular flexibility index (Phi) is 4.24. The summed E-state index contributed by atoms with van der Waals surface area (Å²) < 4.78 is 32.0. The van der Waals surface area contributed by atoms with Crippen LogP contribution in [-0.4, -0.2) is 55.8 Å². The molecule has 1 aliphatic rings. The Morgan fingerprint density at radius 3 is 2.95 bits per heavy atom. The summed E-state index contributed by atoms with van der Waals surface area (Å²) in [5.74, 6) is 0. The summed E-state index contributed by atoms with van der Waals surface area (Å²) in [7, 11) is -0.213. The minimum atomic E-state index is -3.57. The van der Waals surface area contributed by atoms with Crippen LogP contribution in [0.4, 0.5) is 0 Å². The third-order valence-corrected chi connectivity index (χ3v) is 5.38. The second kappa shape index (κ2) is 5.58. The van der Waals surface area contributed by atoms with Crippen LogP contribution in [0.25, 0.3) is 0 Å². The van der Waals surface area contributed by atoms with Crippen molar-refractivity contribution in [2.75, 3.05) is 20.7 Å². The van der Waals surface area contributed by atoms with E-state index in [1.165, 1.54) is 10.5 Å². The lowest BCUT2D eigenvalue weighted by Crippen LogP contribution is -2.41. The van der Waals surface area contributed by atoms with Crippen LogP contribution in [-0.2, 0) is 21.3 Å². The van der Waals surface area contributed by atoms with Crippen molar-refractivity contribution in [1.29, 1.82) is 0 Å². The Morgan fingerprint density at radius 1 is 1.63 bits per heavy atom. The molecular weight excluding hydrogens is 268 g/mol. The number of aromatic amines is 1. The fraction of sp³-hybridized carbons (Fsp3) is 0.727. The van der Waals surface area contributed by atoms with Gasteiger partial charge in [0.2, 0.25) is 0 Å². The van der Waals surface area contributed by atoms with E-state index in [-0.39, 0.29) is 17.2 Å². The van der Waals surface area contributed by atoms with Gasteiger partial charge in [0.1, 0.15) is 0 Å². The van der Waals surface area contributed by atoms with Gasteiger partial charge in [-0.1, -0.05) is 0 Å². The molecule has 7 nitrogen and oxygen atoms in total.